The summed E-state index contributed by atoms with van der Waals surface area (Å²) >= 11 is 4.80. The molecule has 3 aromatic rings. The van der Waals surface area contributed by atoms with Crippen LogP contribution in [0.4, 0.5) is 11.4 Å². The van der Waals surface area contributed by atoms with Crippen LogP contribution in [-0.2, 0) is 10.0 Å². The highest BCUT2D eigenvalue weighted by Crippen LogP contribution is 2.31. The second kappa shape index (κ2) is 8.98. The van der Waals surface area contributed by atoms with E-state index >= 15 is 0 Å². The third kappa shape index (κ3) is 5.37. The van der Waals surface area contributed by atoms with E-state index in [9.17, 15) is 13.2 Å². The third-order valence-corrected chi connectivity index (χ3v) is 7.02. The molecule has 0 radical (unpaired) electrons. The number of sulfonamides is 1. The third-order valence-electron chi connectivity index (χ3n) is 4.06. The molecule has 6 nitrogen and oxygen atoms in total. The van der Waals surface area contributed by atoms with Crippen molar-refractivity contribution in [1.82, 2.24) is 0 Å². The number of nitrogens with one attached hydrogen (secondary N) is 2. The van der Waals surface area contributed by atoms with Crippen LogP contribution in [0.3, 0.4) is 0 Å². The maximum Gasteiger partial charge on any atom is 0.265 e. The van der Waals surface area contributed by atoms with Crippen LogP contribution in [-0.4, -0.2) is 27.2 Å². The van der Waals surface area contributed by atoms with Crippen molar-refractivity contribution in [3.63, 3.8) is 0 Å². The number of thiophene rings is 1. The Morgan fingerprint density at radius 3 is 2.48 bits per heavy atom. The molecular formula is C20H19BrN2O4S2. The molecule has 0 aliphatic rings. The van der Waals surface area contributed by atoms with Crippen LogP contribution >= 0.6 is 27.3 Å². The zero-order chi connectivity index (χ0) is 21.0. The first kappa shape index (κ1) is 21.4. The Labute approximate surface area is 182 Å². The molecule has 0 atom stereocenters. The van der Waals surface area contributed by atoms with E-state index < -0.39 is 10.0 Å². The van der Waals surface area contributed by atoms with Crippen molar-refractivity contribution in [1.29, 1.82) is 0 Å². The minimum atomic E-state index is -3.43. The van der Waals surface area contributed by atoms with E-state index in [1.54, 1.807) is 31.2 Å². The summed E-state index contributed by atoms with van der Waals surface area (Å²) in [5.41, 5.74) is 1.86. The monoisotopic (exact) mass is 494 g/mol. The number of carbonyl (C=O) groups excluding carboxylic acids is 1. The summed E-state index contributed by atoms with van der Waals surface area (Å²) in [5, 5.41) is 2.82. The van der Waals surface area contributed by atoms with Crippen LogP contribution < -0.4 is 14.8 Å². The van der Waals surface area contributed by atoms with E-state index in [-0.39, 0.29) is 11.7 Å². The SMILES string of the molecule is CCS(=O)(=O)Nc1ccc(NC(=O)c2ccc(-c3ccc(Br)cc3)s2)cc1OC. The number of ether oxygens (including phenoxy) is 1. The van der Waals surface area contributed by atoms with E-state index in [4.69, 9.17) is 4.74 Å². The van der Waals surface area contributed by atoms with E-state index in [2.05, 4.69) is 26.0 Å². The highest BCUT2D eigenvalue weighted by atomic mass is 79.9. The number of benzene rings is 2. The van der Waals surface area contributed by atoms with Gasteiger partial charge in [0.25, 0.3) is 5.91 Å². The van der Waals surface area contributed by atoms with Gasteiger partial charge in [-0.05, 0) is 48.9 Å². The second-order valence-corrected chi connectivity index (χ2v) is 10.1. The lowest BCUT2D eigenvalue weighted by atomic mass is 10.2. The second-order valence-electron chi connectivity index (χ2n) is 6.05. The Morgan fingerprint density at radius 1 is 1.10 bits per heavy atom. The number of methoxy groups -OCH3 is 1. The van der Waals surface area contributed by atoms with Gasteiger partial charge < -0.3 is 10.1 Å². The van der Waals surface area contributed by atoms with Crippen molar-refractivity contribution in [2.24, 2.45) is 0 Å². The minimum absolute atomic E-state index is 0.0479. The summed E-state index contributed by atoms with van der Waals surface area (Å²) in [4.78, 5) is 14.2. The Hall–Kier alpha value is -2.36. The standard InChI is InChI=1S/C20H19BrN2O4S2/c1-3-29(25,26)23-16-9-8-15(12-17(16)27-2)22-20(24)19-11-10-18(28-19)13-4-6-14(21)7-5-13/h4-12,23H,3H2,1-2H3,(H,22,24). The Balaban J connectivity index is 1.76. The largest absolute Gasteiger partial charge is 0.494 e. The molecule has 2 aromatic carbocycles. The summed E-state index contributed by atoms with van der Waals surface area (Å²) in [6, 6.07) is 16.3. The van der Waals surface area contributed by atoms with Gasteiger partial charge in [0.1, 0.15) is 5.75 Å². The van der Waals surface area contributed by atoms with Gasteiger partial charge in [-0.2, -0.15) is 0 Å². The van der Waals surface area contributed by atoms with Gasteiger partial charge in [-0.25, -0.2) is 8.42 Å². The van der Waals surface area contributed by atoms with Crippen LogP contribution in [0.1, 0.15) is 16.6 Å². The van der Waals surface area contributed by atoms with Crippen molar-refractivity contribution in [3.8, 4) is 16.2 Å². The number of rotatable bonds is 7. The Kier molecular flexibility index (Phi) is 6.61. The molecule has 0 aliphatic carbocycles. The summed E-state index contributed by atoms with van der Waals surface area (Å²) in [7, 11) is -1.99. The highest BCUT2D eigenvalue weighted by molar-refractivity contribution is 9.10. The van der Waals surface area contributed by atoms with Gasteiger partial charge >= 0.3 is 0 Å². The summed E-state index contributed by atoms with van der Waals surface area (Å²) in [6.07, 6.45) is 0. The average molecular weight is 495 g/mol. The van der Waals surface area contributed by atoms with E-state index in [0.29, 0.717) is 22.0 Å². The predicted octanol–water partition coefficient (Wildman–Crippen LogP) is 5.20. The lowest BCUT2D eigenvalue weighted by molar-refractivity contribution is 0.103. The fraction of sp³-hybridized carbons (Fsp3) is 0.150. The summed E-state index contributed by atoms with van der Waals surface area (Å²) < 4.78 is 32.3. The maximum atomic E-state index is 12.6. The van der Waals surface area contributed by atoms with Crippen LogP contribution in [0.2, 0.25) is 0 Å². The number of anilines is 2. The minimum Gasteiger partial charge on any atom is -0.494 e. The van der Waals surface area contributed by atoms with Crippen LogP contribution in [0, 0.1) is 0 Å². The highest BCUT2D eigenvalue weighted by Gasteiger charge is 2.14. The Bertz CT molecular complexity index is 1130. The van der Waals surface area contributed by atoms with Crippen molar-refractivity contribution in [2.45, 2.75) is 6.92 Å². The van der Waals surface area contributed by atoms with Crippen LogP contribution in [0.25, 0.3) is 10.4 Å². The summed E-state index contributed by atoms with van der Waals surface area (Å²) in [6.45, 7) is 1.55. The van der Waals surface area contributed by atoms with E-state index in [1.165, 1.54) is 18.4 Å². The fourth-order valence-corrected chi connectivity index (χ4v) is 4.33. The van der Waals surface area contributed by atoms with Gasteiger partial charge in [0, 0.05) is 21.1 Å². The zero-order valence-corrected chi connectivity index (χ0v) is 18.9. The molecule has 0 spiro atoms. The molecule has 0 aliphatic heterocycles. The lowest BCUT2D eigenvalue weighted by Crippen LogP contribution is -2.15. The molecule has 3 rings (SSSR count). The first-order valence-electron chi connectivity index (χ1n) is 8.67. The predicted molar refractivity (Wildman–Crippen MR) is 121 cm³/mol. The van der Waals surface area contributed by atoms with Crippen molar-refractivity contribution >= 4 is 54.6 Å². The summed E-state index contributed by atoms with van der Waals surface area (Å²) in [5.74, 6) is 0.0251. The van der Waals surface area contributed by atoms with Gasteiger partial charge in [-0.1, -0.05) is 28.1 Å². The van der Waals surface area contributed by atoms with Crippen LogP contribution in [0.15, 0.2) is 59.1 Å². The first-order chi connectivity index (χ1) is 13.8. The van der Waals surface area contributed by atoms with Crippen molar-refractivity contribution < 1.29 is 17.9 Å². The molecule has 2 N–H and O–H groups in total. The number of carbonyl (C=O) groups is 1. The normalized spacial score (nSPS) is 11.1. The molecule has 29 heavy (non-hydrogen) atoms. The van der Waals surface area contributed by atoms with Gasteiger partial charge in [0.2, 0.25) is 10.0 Å². The van der Waals surface area contributed by atoms with Crippen molar-refractivity contribution in [2.75, 3.05) is 22.9 Å². The molecule has 1 heterocycles. The van der Waals surface area contributed by atoms with Gasteiger partial charge in [0.15, 0.2) is 0 Å². The molecule has 1 aromatic heterocycles. The number of hydrogen-bond donors (Lipinski definition) is 2. The van der Waals surface area contributed by atoms with Gasteiger partial charge in [-0.3, -0.25) is 9.52 Å². The average Bonchev–Trinajstić information content (AvgIpc) is 3.20. The van der Waals surface area contributed by atoms with Crippen LogP contribution in [0.5, 0.6) is 5.75 Å². The molecular weight excluding hydrogens is 476 g/mol. The van der Waals surface area contributed by atoms with E-state index in [0.717, 1.165) is 14.9 Å². The zero-order valence-electron chi connectivity index (χ0n) is 15.7. The molecule has 0 fully saturated rings. The maximum absolute atomic E-state index is 12.6. The number of hydrogen-bond acceptors (Lipinski definition) is 5. The van der Waals surface area contributed by atoms with Crippen molar-refractivity contribution in [3.05, 3.63) is 63.9 Å². The topological polar surface area (TPSA) is 84.5 Å². The fourth-order valence-electron chi connectivity index (χ4n) is 2.51. The van der Waals surface area contributed by atoms with Gasteiger partial charge in [-0.15, -0.1) is 11.3 Å². The molecule has 1 amide bonds. The molecule has 152 valence electrons. The Morgan fingerprint density at radius 2 is 1.83 bits per heavy atom. The molecule has 0 saturated carbocycles. The molecule has 0 unspecified atom stereocenters. The molecule has 9 heteroatoms. The molecule has 0 saturated heterocycles. The first-order valence-corrected chi connectivity index (χ1v) is 11.9. The number of amides is 1. The smallest absolute Gasteiger partial charge is 0.265 e. The quantitative estimate of drug-likeness (QED) is 0.472. The lowest BCUT2D eigenvalue weighted by Gasteiger charge is -2.13. The van der Waals surface area contributed by atoms with Gasteiger partial charge in [0.05, 0.1) is 23.4 Å². The van der Waals surface area contributed by atoms with E-state index in [1.807, 2.05) is 30.3 Å². The number of halogens is 1. The molecule has 0 bridgehead atoms.